The quantitative estimate of drug-likeness (QED) is 0.00736. The van der Waals surface area contributed by atoms with Gasteiger partial charge in [0.05, 0.1) is 45.3 Å². The number of carbonyl (C=O) groups excluding carboxylic acids is 6. The number of nitrogens with two attached hydrogens (primary N) is 4. The molecule has 2 saturated heterocycles. The molecule has 0 saturated carbocycles. The smallest absolute Gasteiger partial charge is 0.303 e. The Kier molecular flexibility index (Phi) is 43.5. The summed E-state index contributed by atoms with van der Waals surface area (Å²) < 4.78 is 86.8. The van der Waals surface area contributed by atoms with Gasteiger partial charge in [0.25, 0.3) is 0 Å². The minimum absolute atomic E-state index is 0.0258. The van der Waals surface area contributed by atoms with Crippen LogP contribution in [0.1, 0.15) is 289 Å². The molecule has 0 spiro atoms. The Hall–Kier alpha value is -8.90. The lowest BCUT2D eigenvalue weighted by atomic mass is 9.82. The SMILES string of the molecule is CC(C)(C)CC(=O)C1CCN(C(=O)[C@H](CCCCC(N)N)NS(=O)(=O)c2ccc3ccccc3c2)CC1.CC(C)c1cc(C(C)C)c(S(=O)(=O)N[C@@H](CCCCC(=N)N)C(=O)N2CCC(C(=O)CC(C)(C)C)CC2)c(C(C)C)c1.CCC(C)(C)C.N=C(N)c1ccc(CCC(=O)[C@H](CCC(=O)O)NC(=O)[C@@H](CCc2ccccc2)CS(=O)(=O)Cc2ccccc2)cc1. The summed E-state index contributed by atoms with van der Waals surface area (Å²) in [4.78, 5) is 94.7. The summed E-state index contributed by atoms with van der Waals surface area (Å²) in [6, 6.07) is 38.6. The molecule has 702 valence electrons. The second kappa shape index (κ2) is 50.9. The molecule has 2 fully saturated rings. The molecule has 0 bridgehead atoms. The number of nitrogens with one attached hydrogen (secondary N) is 5. The standard InChI is InChI=1S/C33H56N4O4S.C32H37N3O6S.C28H42N4O4S.C6H14/c1-21(2)25-18-26(22(3)4)31(27(19-25)23(5)6)42(40,41)36-28(12-10-11-13-30(34)35)32(39)37-16-14-24(15-17-37)29(38)20-33(7,8)9;33-31(34)26-15-11-24(12-16-26)14-19-29(36)28(18-20-30(37)38)35-32(39)27(17-13-23-7-3-1-4-8-23)22-42(40,41)21-25-9-5-2-6-10-25;1-28(2,3)19-25(33)21-14-16-32(17-15-21)27(34)24(10-6-7-11-26(29)30)31-37(35,36)23-13-12-20-8-4-5-9-22(20)18-23;1-5-6(2,3)4/h18-19,21-24,28,36H,10-17,20H2,1-9H3,(H3,34,35);1-12,15-16,27-28H,13-14,17-22H2,(H3,33,34)(H,35,39)(H,37,38);4-5,8-9,12-13,18,21,24,26,31H,6-7,10-11,14-17,19,29-30H2,1-3H3;5H2,1-4H3/t28-;27-,28-;24-;/m000./s1. The van der Waals surface area contributed by atoms with Crippen LogP contribution < -0.4 is 37.7 Å². The highest BCUT2D eigenvalue weighted by molar-refractivity contribution is 7.90. The molecular formula is C99H149N11O14S3. The summed E-state index contributed by atoms with van der Waals surface area (Å²) in [7, 11) is -11.7. The van der Waals surface area contributed by atoms with Gasteiger partial charge in [0.15, 0.2) is 15.6 Å². The fourth-order valence-electron chi connectivity index (χ4n) is 15.1. The molecule has 0 radical (unpaired) electrons. The van der Waals surface area contributed by atoms with Crippen LogP contribution in [0.4, 0.5) is 0 Å². The van der Waals surface area contributed by atoms with Gasteiger partial charge in [-0.15, -0.1) is 0 Å². The summed E-state index contributed by atoms with van der Waals surface area (Å²) in [6.45, 7) is 35.2. The van der Waals surface area contributed by atoms with Gasteiger partial charge in [-0.05, 0) is 167 Å². The number of aliphatic carboxylic acids is 1. The average Bonchev–Trinajstić information content (AvgIpc) is 0.765. The number of sulfonamides is 2. The van der Waals surface area contributed by atoms with Crippen molar-refractivity contribution in [2.75, 3.05) is 31.9 Å². The Labute approximate surface area is 758 Å². The molecule has 25 nitrogen and oxygen atoms in total. The van der Waals surface area contributed by atoms with Gasteiger partial charge in [0.1, 0.15) is 29.5 Å². The Balaban J connectivity index is 0.000000327. The van der Waals surface area contributed by atoms with Crippen LogP contribution in [0.2, 0.25) is 0 Å². The average molecular weight is 1810 g/mol. The maximum atomic E-state index is 14.2. The Morgan fingerprint density at radius 2 is 0.945 bits per heavy atom. The predicted octanol–water partition coefficient (Wildman–Crippen LogP) is 16.1. The highest BCUT2D eigenvalue weighted by Gasteiger charge is 2.39. The van der Waals surface area contributed by atoms with Crippen LogP contribution in [0, 0.1) is 44.8 Å². The number of carbonyl (C=O) groups is 7. The number of unbranched alkanes of at least 4 members (excludes halogenated alkanes) is 2. The van der Waals surface area contributed by atoms with Crippen LogP contribution in [-0.2, 0) is 82.0 Å². The Bertz CT molecular complexity index is 4900. The van der Waals surface area contributed by atoms with Gasteiger partial charge in [-0.2, -0.15) is 9.44 Å². The van der Waals surface area contributed by atoms with Crippen LogP contribution in [0.25, 0.3) is 10.8 Å². The van der Waals surface area contributed by atoms with Gasteiger partial charge in [-0.25, -0.2) is 25.3 Å². The second-order valence-corrected chi connectivity index (χ2v) is 44.4. The van der Waals surface area contributed by atoms with E-state index in [4.69, 9.17) is 33.8 Å². The Morgan fingerprint density at radius 1 is 0.496 bits per heavy atom. The number of carboxylic acids is 1. The predicted molar refractivity (Wildman–Crippen MR) is 510 cm³/mol. The molecule has 2 heterocycles. The number of fused-ring (bicyclic) bond motifs is 1. The monoisotopic (exact) mass is 1810 g/mol. The second-order valence-electron chi connectivity index (χ2n) is 38.9. The maximum absolute atomic E-state index is 14.2. The fraction of sp³-hybridized carbons (Fsp3) is 0.566. The fourth-order valence-corrected chi connectivity index (χ4v) is 20.1. The topological polar surface area (TPSA) is 436 Å². The molecule has 6 aromatic rings. The number of aryl methyl sites for hydroxylation is 2. The van der Waals surface area contributed by atoms with Crippen molar-refractivity contribution >= 4 is 93.4 Å². The number of hydrogen-bond donors (Lipinski definition) is 10. The van der Waals surface area contributed by atoms with Crippen LogP contribution >= 0.6 is 0 Å². The summed E-state index contributed by atoms with van der Waals surface area (Å²) in [6.07, 6.45) is 9.04. The molecule has 2 aliphatic rings. The van der Waals surface area contributed by atoms with Crippen LogP contribution in [0.15, 0.2) is 149 Å². The molecule has 0 aliphatic carbocycles. The van der Waals surface area contributed by atoms with Crippen molar-refractivity contribution in [1.82, 2.24) is 24.6 Å². The van der Waals surface area contributed by atoms with Gasteiger partial charge < -0.3 is 43.2 Å². The lowest BCUT2D eigenvalue weighted by Gasteiger charge is -2.35. The first kappa shape index (κ1) is 109. The number of Topliss-reactive ketones (excluding diaryl/α,β-unsaturated/α-hetero) is 3. The Morgan fingerprint density at radius 3 is 1.39 bits per heavy atom. The van der Waals surface area contributed by atoms with E-state index < -0.39 is 77.7 Å². The molecule has 14 N–H and O–H groups in total. The van der Waals surface area contributed by atoms with E-state index in [1.165, 1.54) is 6.42 Å². The maximum Gasteiger partial charge on any atom is 0.303 e. The van der Waals surface area contributed by atoms with E-state index >= 15 is 0 Å². The van der Waals surface area contributed by atoms with Crippen molar-refractivity contribution < 1.29 is 63.9 Å². The van der Waals surface area contributed by atoms with E-state index in [2.05, 4.69) is 77.1 Å². The lowest BCUT2D eigenvalue weighted by molar-refractivity contribution is -0.138. The molecule has 0 aromatic heterocycles. The van der Waals surface area contributed by atoms with Gasteiger partial charge in [0, 0.05) is 75.7 Å². The highest BCUT2D eigenvalue weighted by atomic mass is 32.2. The number of carboxylic acid groups (broad SMARTS) is 1. The zero-order chi connectivity index (χ0) is 95.0. The molecule has 8 rings (SSSR count). The summed E-state index contributed by atoms with van der Waals surface area (Å²) in [5.41, 5.74) is 28.3. The summed E-state index contributed by atoms with van der Waals surface area (Å²) in [5, 5.41) is 28.7. The number of benzene rings is 6. The van der Waals surface area contributed by atoms with E-state index in [0.29, 0.717) is 145 Å². The number of nitrogen functional groups attached to an aromatic ring is 1. The summed E-state index contributed by atoms with van der Waals surface area (Å²) in [5.74, 6) is -3.51. The molecule has 0 unspecified atom stereocenters. The number of piperidine rings is 2. The number of sulfone groups is 1. The van der Waals surface area contributed by atoms with Crippen molar-refractivity contribution in [2.45, 2.75) is 303 Å². The molecule has 3 amide bonds. The number of amides is 3. The van der Waals surface area contributed by atoms with E-state index in [1.54, 1.807) is 82.6 Å². The first-order chi connectivity index (χ1) is 59.3. The van der Waals surface area contributed by atoms with E-state index in [1.807, 2.05) is 115 Å². The van der Waals surface area contributed by atoms with Gasteiger partial charge >= 0.3 is 5.97 Å². The third kappa shape index (κ3) is 39.1. The van der Waals surface area contributed by atoms with Crippen LogP contribution in [0.5, 0.6) is 0 Å². The lowest BCUT2D eigenvalue weighted by Crippen LogP contribution is -2.51. The molecule has 28 heteroatoms. The first-order valence-corrected chi connectivity index (χ1v) is 50.0. The van der Waals surface area contributed by atoms with E-state index in [9.17, 15) is 63.9 Å². The number of hydrogen-bond acceptors (Lipinski definition) is 17. The van der Waals surface area contributed by atoms with Crippen molar-refractivity contribution in [3.8, 4) is 0 Å². The van der Waals surface area contributed by atoms with Crippen LogP contribution in [-0.4, -0.2) is 149 Å². The minimum atomic E-state index is -4.05. The third-order valence-corrected chi connectivity index (χ3v) is 27.7. The van der Waals surface area contributed by atoms with Crippen molar-refractivity contribution in [3.05, 3.63) is 178 Å². The minimum Gasteiger partial charge on any atom is -0.481 e. The largest absolute Gasteiger partial charge is 0.481 e. The van der Waals surface area contributed by atoms with Crippen molar-refractivity contribution in [1.29, 1.82) is 10.8 Å². The summed E-state index contributed by atoms with van der Waals surface area (Å²) >= 11 is 0. The van der Waals surface area contributed by atoms with Gasteiger partial charge in [0.2, 0.25) is 37.8 Å². The normalized spacial score (nSPS) is 14.8. The number of ketones is 3. The zero-order valence-corrected chi connectivity index (χ0v) is 80.8. The number of likely N-dealkylation sites (tertiary alicyclic amines) is 2. The van der Waals surface area contributed by atoms with E-state index in [0.717, 1.165) is 38.6 Å². The molecule has 4 atom stereocenters. The van der Waals surface area contributed by atoms with Crippen molar-refractivity contribution in [3.63, 3.8) is 0 Å². The van der Waals surface area contributed by atoms with E-state index in [-0.39, 0.29) is 122 Å². The third-order valence-electron chi connectivity index (χ3n) is 23.0. The number of nitrogens with zero attached hydrogens (tertiary/aromatic N) is 2. The zero-order valence-electron chi connectivity index (χ0n) is 78.3. The van der Waals surface area contributed by atoms with Gasteiger partial charge in [-0.1, -0.05) is 264 Å². The molecule has 127 heavy (non-hydrogen) atoms. The number of rotatable bonds is 42. The number of amidine groups is 2. The molecular weight excluding hydrogens is 1660 g/mol. The van der Waals surface area contributed by atoms with Crippen LogP contribution in [0.3, 0.4) is 0 Å². The van der Waals surface area contributed by atoms with Crippen molar-refractivity contribution in [2.24, 2.45) is 56.9 Å². The molecule has 2 aliphatic heterocycles. The van der Waals surface area contributed by atoms with Gasteiger partial charge in [-0.3, -0.25) is 44.4 Å². The molecule has 6 aromatic carbocycles. The first-order valence-electron chi connectivity index (χ1n) is 45.2. The highest BCUT2D eigenvalue weighted by Crippen LogP contribution is 2.37.